The van der Waals surface area contributed by atoms with E-state index in [1.807, 2.05) is 17.4 Å². The van der Waals surface area contributed by atoms with Gasteiger partial charge in [-0.2, -0.15) is 13.2 Å². The zero-order chi connectivity index (χ0) is 20.5. The average molecular weight is 409 g/mol. The summed E-state index contributed by atoms with van der Waals surface area (Å²) in [6, 6.07) is 7.77. The number of carbonyl (C=O) groups is 1. The van der Waals surface area contributed by atoms with Crippen LogP contribution in [0.5, 0.6) is 0 Å². The molecule has 1 spiro atoms. The molecule has 1 aromatic carbocycles. The summed E-state index contributed by atoms with van der Waals surface area (Å²) in [7, 11) is 0. The average Bonchev–Trinajstić information content (AvgIpc) is 2.67. The fourth-order valence-electron chi connectivity index (χ4n) is 4.96. The zero-order valence-electron chi connectivity index (χ0n) is 16.8. The van der Waals surface area contributed by atoms with Crippen LogP contribution in [0, 0.1) is 5.41 Å². The summed E-state index contributed by atoms with van der Waals surface area (Å²) in [4.78, 5) is 16.9. The topological polar surface area (TPSA) is 35.6 Å². The van der Waals surface area contributed by atoms with Gasteiger partial charge in [0.25, 0.3) is 5.91 Å². The molecule has 2 saturated heterocycles. The third-order valence-corrected chi connectivity index (χ3v) is 7.22. The second-order valence-corrected chi connectivity index (χ2v) is 8.95. The number of alkyl halides is 3. The second kappa shape index (κ2) is 8.17. The lowest BCUT2D eigenvalue weighted by Crippen LogP contribution is -2.50. The SMILES string of the molecule is O=C(NCC(F)(F)F)c1ccc(N2CCC3(CC2)CCN(C2CCC2)CC3)cc1. The highest BCUT2D eigenvalue weighted by molar-refractivity contribution is 5.94. The van der Waals surface area contributed by atoms with E-state index in [1.54, 1.807) is 12.1 Å². The summed E-state index contributed by atoms with van der Waals surface area (Å²) in [6.07, 6.45) is 4.75. The molecule has 1 aromatic rings. The number of amides is 1. The van der Waals surface area contributed by atoms with E-state index in [2.05, 4.69) is 9.80 Å². The Bertz CT molecular complexity index is 697. The molecule has 4 rings (SSSR count). The molecule has 1 N–H and O–H groups in total. The molecule has 1 saturated carbocycles. The summed E-state index contributed by atoms with van der Waals surface area (Å²) >= 11 is 0. The molecule has 0 radical (unpaired) electrons. The molecule has 7 heteroatoms. The highest BCUT2D eigenvalue weighted by atomic mass is 19.4. The fraction of sp³-hybridized carbons (Fsp3) is 0.682. The number of benzene rings is 1. The van der Waals surface area contributed by atoms with E-state index in [9.17, 15) is 18.0 Å². The molecule has 29 heavy (non-hydrogen) atoms. The molecule has 3 fully saturated rings. The Kier molecular flexibility index (Phi) is 5.78. The largest absolute Gasteiger partial charge is 0.405 e. The third kappa shape index (κ3) is 4.87. The number of halogens is 3. The maximum Gasteiger partial charge on any atom is 0.405 e. The molecule has 0 aromatic heterocycles. The van der Waals surface area contributed by atoms with Gasteiger partial charge in [0.05, 0.1) is 0 Å². The Morgan fingerprint density at radius 1 is 1.00 bits per heavy atom. The number of carbonyl (C=O) groups excluding carboxylic acids is 1. The lowest BCUT2D eigenvalue weighted by molar-refractivity contribution is -0.123. The molecule has 2 aliphatic heterocycles. The van der Waals surface area contributed by atoms with Gasteiger partial charge < -0.3 is 15.1 Å². The van der Waals surface area contributed by atoms with E-state index in [1.165, 1.54) is 58.0 Å². The van der Waals surface area contributed by atoms with Crippen LogP contribution in [0.15, 0.2) is 24.3 Å². The Morgan fingerprint density at radius 2 is 1.59 bits per heavy atom. The smallest absolute Gasteiger partial charge is 0.371 e. The number of likely N-dealkylation sites (tertiary alicyclic amines) is 1. The van der Waals surface area contributed by atoms with Crippen LogP contribution in [-0.4, -0.2) is 55.7 Å². The van der Waals surface area contributed by atoms with E-state index in [0.29, 0.717) is 5.41 Å². The molecule has 1 amide bonds. The molecular weight excluding hydrogens is 379 g/mol. The Labute approximate surface area is 170 Å². The van der Waals surface area contributed by atoms with Crippen LogP contribution >= 0.6 is 0 Å². The van der Waals surface area contributed by atoms with E-state index >= 15 is 0 Å². The van der Waals surface area contributed by atoms with Gasteiger partial charge in [-0.3, -0.25) is 4.79 Å². The van der Waals surface area contributed by atoms with Crippen LogP contribution in [0.2, 0.25) is 0 Å². The predicted molar refractivity (Wildman–Crippen MR) is 107 cm³/mol. The molecule has 4 nitrogen and oxygen atoms in total. The minimum atomic E-state index is -4.40. The van der Waals surface area contributed by atoms with Crippen molar-refractivity contribution in [1.29, 1.82) is 0 Å². The van der Waals surface area contributed by atoms with Gasteiger partial charge in [0.1, 0.15) is 6.54 Å². The number of nitrogens with one attached hydrogen (secondary N) is 1. The molecule has 2 heterocycles. The Hall–Kier alpha value is -1.76. The molecule has 0 unspecified atom stereocenters. The quantitative estimate of drug-likeness (QED) is 0.809. The van der Waals surface area contributed by atoms with Gasteiger partial charge in [-0.15, -0.1) is 0 Å². The number of rotatable bonds is 4. The first-order chi connectivity index (χ1) is 13.8. The van der Waals surface area contributed by atoms with Crippen molar-refractivity contribution < 1.29 is 18.0 Å². The van der Waals surface area contributed by atoms with Crippen molar-refractivity contribution in [2.45, 2.75) is 57.2 Å². The molecule has 0 bridgehead atoms. The van der Waals surface area contributed by atoms with Crippen LogP contribution in [0.1, 0.15) is 55.3 Å². The van der Waals surface area contributed by atoms with Crippen molar-refractivity contribution >= 4 is 11.6 Å². The Morgan fingerprint density at radius 3 is 2.10 bits per heavy atom. The maximum atomic E-state index is 12.2. The first-order valence-corrected chi connectivity index (χ1v) is 10.8. The summed E-state index contributed by atoms with van der Waals surface area (Å²) in [5.74, 6) is -0.690. The van der Waals surface area contributed by atoms with Crippen LogP contribution in [0.4, 0.5) is 18.9 Å². The predicted octanol–water partition coefficient (Wildman–Crippen LogP) is 4.21. The summed E-state index contributed by atoms with van der Waals surface area (Å²) in [5.41, 5.74) is 1.78. The summed E-state index contributed by atoms with van der Waals surface area (Å²) in [6.45, 7) is 3.19. The number of piperidine rings is 2. The van der Waals surface area contributed by atoms with E-state index < -0.39 is 18.6 Å². The standard InChI is InChI=1S/C22H30F3N3O/c23-22(24,25)16-26-20(29)17-4-6-19(7-5-17)28-14-10-21(11-15-28)8-12-27(13-9-21)18-2-1-3-18/h4-7,18H,1-3,8-16H2,(H,26,29). The molecule has 3 aliphatic rings. The first-order valence-electron chi connectivity index (χ1n) is 10.8. The monoisotopic (exact) mass is 409 g/mol. The molecule has 160 valence electrons. The van der Waals surface area contributed by atoms with E-state index in [-0.39, 0.29) is 5.56 Å². The molecular formula is C22H30F3N3O. The number of hydrogen-bond acceptors (Lipinski definition) is 3. The normalized spacial score (nSPS) is 23.1. The van der Waals surface area contributed by atoms with Gasteiger partial charge in [0, 0.05) is 30.4 Å². The lowest BCUT2D eigenvalue weighted by atomic mass is 9.70. The van der Waals surface area contributed by atoms with Gasteiger partial charge in [-0.1, -0.05) is 6.42 Å². The maximum absolute atomic E-state index is 12.2. The zero-order valence-corrected chi connectivity index (χ0v) is 16.8. The van der Waals surface area contributed by atoms with Crippen molar-refractivity contribution in [1.82, 2.24) is 10.2 Å². The summed E-state index contributed by atoms with van der Waals surface area (Å²) in [5, 5.41) is 1.91. The summed E-state index contributed by atoms with van der Waals surface area (Å²) < 4.78 is 36.7. The number of nitrogens with zero attached hydrogens (tertiary/aromatic N) is 2. The van der Waals surface area contributed by atoms with Gasteiger partial charge >= 0.3 is 6.18 Å². The van der Waals surface area contributed by atoms with Crippen molar-refractivity contribution in [2.75, 3.05) is 37.6 Å². The third-order valence-electron chi connectivity index (χ3n) is 7.22. The minimum absolute atomic E-state index is 0.259. The lowest BCUT2D eigenvalue weighted by Gasteiger charge is -2.50. The van der Waals surface area contributed by atoms with Crippen LogP contribution in [-0.2, 0) is 0 Å². The number of anilines is 1. The highest BCUT2D eigenvalue weighted by Crippen LogP contribution is 2.43. The Balaban J connectivity index is 1.27. The molecule has 1 aliphatic carbocycles. The van der Waals surface area contributed by atoms with Crippen molar-refractivity contribution in [3.05, 3.63) is 29.8 Å². The van der Waals surface area contributed by atoms with Crippen molar-refractivity contribution in [2.24, 2.45) is 5.41 Å². The number of hydrogen-bond donors (Lipinski definition) is 1. The first kappa shape index (κ1) is 20.5. The highest BCUT2D eigenvalue weighted by Gasteiger charge is 2.39. The van der Waals surface area contributed by atoms with Crippen molar-refractivity contribution in [3.63, 3.8) is 0 Å². The van der Waals surface area contributed by atoms with Crippen LogP contribution in [0.25, 0.3) is 0 Å². The van der Waals surface area contributed by atoms with Crippen LogP contribution < -0.4 is 10.2 Å². The van der Waals surface area contributed by atoms with Crippen LogP contribution in [0.3, 0.4) is 0 Å². The van der Waals surface area contributed by atoms with Crippen molar-refractivity contribution in [3.8, 4) is 0 Å². The van der Waals surface area contributed by atoms with E-state index in [0.717, 1.165) is 24.8 Å². The van der Waals surface area contributed by atoms with E-state index in [4.69, 9.17) is 0 Å². The van der Waals surface area contributed by atoms with Gasteiger partial charge in [0.15, 0.2) is 0 Å². The van der Waals surface area contributed by atoms with Gasteiger partial charge in [-0.25, -0.2) is 0 Å². The fourth-order valence-corrected chi connectivity index (χ4v) is 4.96. The molecule has 0 atom stereocenters. The second-order valence-electron chi connectivity index (χ2n) is 8.95. The van der Waals surface area contributed by atoms with Gasteiger partial charge in [-0.05, 0) is 81.3 Å². The van der Waals surface area contributed by atoms with Gasteiger partial charge in [0.2, 0.25) is 0 Å². The minimum Gasteiger partial charge on any atom is -0.371 e.